The van der Waals surface area contributed by atoms with Gasteiger partial charge in [0.15, 0.2) is 6.29 Å². The van der Waals surface area contributed by atoms with E-state index in [1.165, 1.54) is 6.07 Å². The Hall–Kier alpha value is -0.970. The summed E-state index contributed by atoms with van der Waals surface area (Å²) in [4.78, 5) is 0.963. The zero-order valence-corrected chi connectivity index (χ0v) is 18.6. The van der Waals surface area contributed by atoms with Crippen LogP contribution in [0.3, 0.4) is 0 Å². The monoisotopic (exact) mass is 526 g/mol. The van der Waals surface area contributed by atoms with Crippen molar-refractivity contribution in [2.45, 2.75) is 35.6 Å². The minimum atomic E-state index is -4.37. The number of ether oxygens (including phenoxy) is 3. The van der Waals surface area contributed by atoms with Crippen molar-refractivity contribution in [3.63, 3.8) is 0 Å². The average molecular weight is 526 g/mol. The fourth-order valence-electron chi connectivity index (χ4n) is 2.39. The molecule has 0 saturated carbocycles. The van der Waals surface area contributed by atoms with E-state index in [4.69, 9.17) is 14.2 Å². The van der Waals surface area contributed by atoms with Gasteiger partial charge in [-0.05, 0) is 50.2 Å². The molecule has 0 bridgehead atoms. The lowest BCUT2D eigenvalue weighted by molar-refractivity contribution is -0.137. The number of benzene rings is 2. The van der Waals surface area contributed by atoms with Crippen LogP contribution in [0, 0.1) is 0 Å². The van der Waals surface area contributed by atoms with Gasteiger partial charge in [0, 0.05) is 33.9 Å². The highest BCUT2D eigenvalue weighted by Crippen LogP contribution is 2.35. The predicted molar refractivity (Wildman–Crippen MR) is 113 cm³/mol. The number of hydrogen-bond donors (Lipinski definition) is 0. The lowest BCUT2D eigenvalue weighted by Crippen LogP contribution is -2.19. The first-order chi connectivity index (χ1) is 13.4. The fourth-order valence-corrected chi connectivity index (χ4v) is 3.89. The first-order valence-electron chi connectivity index (χ1n) is 8.77. The Morgan fingerprint density at radius 1 is 1.04 bits per heavy atom. The van der Waals surface area contributed by atoms with Gasteiger partial charge in [-0.1, -0.05) is 28.7 Å². The highest BCUT2D eigenvalue weighted by atomic mass is 127. The third kappa shape index (κ3) is 7.13. The van der Waals surface area contributed by atoms with Gasteiger partial charge in [-0.25, -0.2) is 0 Å². The molecule has 8 heteroatoms. The Kier molecular flexibility index (Phi) is 9.39. The average Bonchev–Trinajstić information content (AvgIpc) is 2.66. The number of rotatable bonds is 10. The fraction of sp³-hybridized carbons (Fsp3) is 0.400. The second-order valence-electron chi connectivity index (χ2n) is 5.68. The van der Waals surface area contributed by atoms with Crippen LogP contribution in [-0.4, -0.2) is 25.3 Å². The van der Waals surface area contributed by atoms with Crippen molar-refractivity contribution in [2.75, 3.05) is 19.0 Å². The second-order valence-corrected chi connectivity index (χ2v) is 7.54. The summed E-state index contributed by atoms with van der Waals surface area (Å²) in [6.45, 7) is 4.97. The van der Waals surface area contributed by atoms with Gasteiger partial charge in [-0.3, -0.25) is 0 Å². The topological polar surface area (TPSA) is 27.7 Å². The van der Waals surface area contributed by atoms with Gasteiger partial charge in [-0.2, -0.15) is 13.2 Å². The molecule has 0 N–H and O–H groups in total. The molecule has 0 saturated heterocycles. The summed E-state index contributed by atoms with van der Waals surface area (Å²) in [6.07, 6.45) is -4.65. The second kappa shape index (κ2) is 11.3. The van der Waals surface area contributed by atoms with Crippen LogP contribution in [0.15, 0.2) is 47.4 Å². The Balaban J connectivity index is 2.10. The molecule has 0 aromatic heterocycles. The smallest absolute Gasteiger partial charge is 0.416 e. The van der Waals surface area contributed by atoms with E-state index in [1.807, 2.05) is 54.6 Å². The van der Waals surface area contributed by atoms with Crippen LogP contribution in [-0.2, 0) is 20.1 Å². The molecule has 3 nitrogen and oxygen atoms in total. The molecule has 0 aliphatic heterocycles. The zero-order valence-electron chi connectivity index (χ0n) is 15.6. The molecule has 2 rings (SSSR count). The van der Waals surface area contributed by atoms with Crippen LogP contribution < -0.4 is 4.74 Å². The highest BCUT2D eigenvalue weighted by molar-refractivity contribution is 14.1. The van der Waals surface area contributed by atoms with Gasteiger partial charge in [0.25, 0.3) is 0 Å². The van der Waals surface area contributed by atoms with Crippen molar-refractivity contribution in [1.82, 2.24) is 0 Å². The molecule has 0 radical (unpaired) electrons. The summed E-state index contributed by atoms with van der Waals surface area (Å²) >= 11 is 3.60. The van der Waals surface area contributed by atoms with Gasteiger partial charge in [0.2, 0.25) is 0 Å². The molecular formula is C20H22F3IO3S. The quantitative estimate of drug-likeness (QED) is 0.145. The molecule has 154 valence electrons. The SMILES string of the molecule is CCOC(CSc1cccc(Oc2ccc(C(F)(F)F)cc2CI)c1)OCC. The Morgan fingerprint density at radius 2 is 1.75 bits per heavy atom. The van der Waals surface area contributed by atoms with E-state index in [-0.39, 0.29) is 6.29 Å². The number of halogens is 4. The summed E-state index contributed by atoms with van der Waals surface area (Å²) in [5, 5.41) is 0. The van der Waals surface area contributed by atoms with Crippen LogP contribution in [0.4, 0.5) is 13.2 Å². The molecule has 28 heavy (non-hydrogen) atoms. The minimum absolute atomic E-state index is 0.287. The van der Waals surface area contributed by atoms with E-state index in [0.717, 1.165) is 17.0 Å². The van der Waals surface area contributed by atoms with Crippen molar-refractivity contribution in [3.05, 3.63) is 53.6 Å². The van der Waals surface area contributed by atoms with Crippen molar-refractivity contribution in [3.8, 4) is 11.5 Å². The van der Waals surface area contributed by atoms with E-state index >= 15 is 0 Å². The molecule has 2 aromatic carbocycles. The van der Waals surface area contributed by atoms with E-state index < -0.39 is 11.7 Å². The third-order valence-electron chi connectivity index (χ3n) is 3.66. The summed E-state index contributed by atoms with van der Waals surface area (Å²) in [5.41, 5.74) is -0.171. The lowest BCUT2D eigenvalue weighted by Gasteiger charge is -2.17. The molecule has 0 fully saturated rings. The van der Waals surface area contributed by atoms with Crippen LogP contribution in [0.5, 0.6) is 11.5 Å². The standard InChI is InChI=1S/C20H22F3IO3S/c1-3-25-19(26-4-2)13-28-17-7-5-6-16(11-17)27-18-9-8-15(20(21,22)23)10-14(18)12-24/h5-11,19H,3-4,12-13H2,1-2H3. The predicted octanol–water partition coefficient (Wildman–Crippen LogP) is 6.92. The Bertz CT molecular complexity index is 750. The van der Waals surface area contributed by atoms with E-state index in [1.54, 1.807) is 17.8 Å². The number of alkyl halides is 4. The Morgan fingerprint density at radius 3 is 2.36 bits per heavy atom. The van der Waals surface area contributed by atoms with Crippen molar-refractivity contribution in [1.29, 1.82) is 0 Å². The maximum Gasteiger partial charge on any atom is 0.416 e. The molecule has 0 amide bonds. The van der Waals surface area contributed by atoms with E-state index in [0.29, 0.717) is 40.5 Å². The van der Waals surface area contributed by atoms with Gasteiger partial charge in [0.05, 0.1) is 5.56 Å². The molecule has 0 aliphatic carbocycles. The number of thioether (sulfide) groups is 1. The zero-order chi connectivity index (χ0) is 20.6. The van der Waals surface area contributed by atoms with Crippen LogP contribution in [0.2, 0.25) is 0 Å². The molecule has 0 heterocycles. The van der Waals surface area contributed by atoms with Crippen LogP contribution in [0.25, 0.3) is 0 Å². The van der Waals surface area contributed by atoms with Gasteiger partial charge in [0.1, 0.15) is 11.5 Å². The largest absolute Gasteiger partial charge is 0.457 e. The highest BCUT2D eigenvalue weighted by Gasteiger charge is 2.31. The normalized spacial score (nSPS) is 11.8. The van der Waals surface area contributed by atoms with Gasteiger partial charge < -0.3 is 14.2 Å². The van der Waals surface area contributed by atoms with Gasteiger partial charge in [-0.15, -0.1) is 11.8 Å². The molecule has 0 unspecified atom stereocenters. The first-order valence-corrected chi connectivity index (χ1v) is 11.3. The summed E-state index contributed by atoms with van der Waals surface area (Å²) in [5.74, 6) is 1.62. The summed E-state index contributed by atoms with van der Waals surface area (Å²) in [6, 6.07) is 11.0. The van der Waals surface area contributed by atoms with E-state index in [9.17, 15) is 13.2 Å². The van der Waals surface area contributed by atoms with Crippen LogP contribution in [0.1, 0.15) is 25.0 Å². The van der Waals surface area contributed by atoms with Crippen molar-refractivity contribution in [2.24, 2.45) is 0 Å². The summed E-state index contributed by atoms with van der Waals surface area (Å²) in [7, 11) is 0. The molecule has 0 atom stereocenters. The molecule has 2 aromatic rings. The van der Waals surface area contributed by atoms with Gasteiger partial charge >= 0.3 is 6.18 Å². The number of hydrogen-bond acceptors (Lipinski definition) is 4. The van der Waals surface area contributed by atoms with Crippen LogP contribution >= 0.6 is 34.4 Å². The lowest BCUT2D eigenvalue weighted by atomic mass is 10.1. The first kappa shape index (κ1) is 23.3. The summed E-state index contributed by atoms with van der Waals surface area (Å²) < 4.78 is 56.1. The van der Waals surface area contributed by atoms with E-state index in [2.05, 4.69) is 0 Å². The maximum atomic E-state index is 12.9. The van der Waals surface area contributed by atoms with Crippen molar-refractivity contribution < 1.29 is 27.4 Å². The molecule has 0 aliphatic rings. The minimum Gasteiger partial charge on any atom is -0.457 e. The third-order valence-corrected chi connectivity index (χ3v) is 5.50. The molecular weight excluding hydrogens is 504 g/mol. The Labute approximate surface area is 181 Å². The van der Waals surface area contributed by atoms with Crippen molar-refractivity contribution >= 4 is 34.4 Å². The molecule has 0 spiro atoms. The maximum absolute atomic E-state index is 12.9.